The topological polar surface area (TPSA) is 50.4 Å². The number of fused-ring (bicyclic) bond motifs is 1. The van der Waals surface area contributed by atoms with Gasteiger partial charge in [-0.3, -0.25) is 0 Å². The van der Waals surface area contributed by atoms with Crippen LogP contribution in [-0.4, -0.2) is 18.2 Å². The Morgan fingerprint density at radius 1 is 1.12 bits per heavy atom. The number of carbonyl (C=O) groups excluding carboxylic acids is 1. The highest BCUT2D eigenvalue weighted by molar-refractivity contribution is 7.80. The van der Waals surface area contributed by atoms with E-state index in [1.807, 2.05) is 30.3 Å². The maximum Gasteiger partial charge on any atom is 0.341 e. The normalized spacial score (nSPS) is 13.5. The second-order valence-corrected chi connectivity index (χ2v) is 7.22. The molecular weight excluding hydrogens is 340 g/mol. The number of rotatable bonds is 3. The van der Waals surface area contributed by atoms with Crippen molar-refractivity contribution in [2.24, 2.45) is 0 Å². The van der Waals surface area contributed by atoms with Crippen LogP contribution in [0.1, 0.15) is 40.1 Å². The van der Waals surface area contributed by atoms with Crippen LogP contribution in [0, 0.1) is 0 Å². The van der Waals surface area contributed by atoms with Gasteiger partial charge in [0.25, 0.3) is 0 Å². The fourth-order valence-electron chi connectivity index (χ4n) is 2.94. The number of esters is 1. The Morgan fingerprint density at radius 3 is 2.62 bits per heavy atom. The summed E-state index contributed by atoms with van der Waals surface area (Å²) in [4.78, 5) is 13.6. The second kappa shape index (κ2) is 7.77. The van der Waals surface area contributed by atoms with Crippen LogP contribution in [0.4, 0.5) is 10.7 Å². The number of carbonyl (C=O) groups is 1. The van der Waals surface area contributed by atoms with Crippen LogP contribution < -0.4 is 10.6 Å². The van der Waals surface area contributed by atoms with Crippen molar-refractivity contribution in [3.05, 3.63) is 46.3 Å². The van der Waals surface area contributed by atoms with Crippen LogP contribution in [0.2, 0.25) is 0 Å². The SMILES string of the molecule is COC(=O)c1c(NC(=S)Nc2ccccc2)sc2c1CCCCC2. The predicted octanol–water partition coefficient (Wildman–Crippen LogP) is 4.61. The summed E-state index contributed by atoms with van der Waals surface area (Å²) in [6, 6.07) is 9.72. The van der Waals surface area contributed by atoms with Gasteiger partial charge in [-0.25, -0.2) is 4.79 Å². The van der Waals surface area contributed by atoms with Crippen LogP contribution in [0.3, 0.4) is 0 Å². The molecular formula is C18H20N2O2S2. The van der Waals surface area contributed by atoms with Crippen molar-refractivity contribution < 1.29 is 9.53 Å². The smallest absolute Gasteiger partial charge is 0.341 e. The van der Waals surface area contributed by atoms with Gasteiger partial charge in [0.1, 0.15) is 5.00 Å². The van der Waals surface area contributed by atoms with Crippen molar-refractivity contribution in [1.29, 1.82) is 0 Å². The molecule has 4 nitrogen and oxygen atoms in total. The summed E-state index contributed by atoms with van der Waals surface area (Å²) >= 11 is 7.02. The van der Waals surface area contributed by atoms with Crippen molar-refractivity contribution in [2.45, 2.75) is 32.1 Å². The molecule has 2 aromatic rings. The first-order valence-corrected chi connectivity index (χ1v) is 9.27. The molecule has 0 aliphatic heterocycles. The highest BCUT2D eigenvalue weighted by Gasteiger charge is 2.25. The van der Waals surface area contributed by atoms with Crippen LogP contribution in [0.5, 0.6) is 0 Å². The predicted molar refractivity (Wildman–Crippen MR) is 103 cm³/mol. The molecule has 1 heterocycles. The largest absolute Gasteiger partial charge is 0.465 e. The zero-order valence-corrected chi connectivity index (χ0v) is 15.2. The van der Waals surface area contributed by atoms with Crippen LogP contribution in [0.15, 0.2) is 30.3 Å². The van der Waals surface area contributed by atoms with Gasteiger partial charge in [0.2, 0.25) is 0 Å². The number of aryl methyl sites for hydroxylation is 1. The van der Waals surface area contributed by atoms with Crippen molar-refractivity contribution in [1.82, 2.24) is 0 Å². The minimum Gasteiger partial charge on any atom is -0.465 e. The Balaban J connectivity index is 1.84. The van der Waals surface area contributed by atoms with Crippen LogP contribution >= 0.6 is 23.6 Å². The zero-order chi connectivity index (χ0) is 16.9. The van der Waals surface area contributed by atoms with Crippen molar-refractivity contribution in [3.63, 3.8) is 0 Å². The minimum absolute atomic E-state index is 0.292. The summed E-state index contributed by atoms with van der Waals surface area (Å²) in [6.45, 7) is 0. The summed E-state index contributed by atoms with van der Waals surface area (Å²) in [5.74, 6) is -0.292. The lowest BCUT2D eigenvalue weighted by atomic mass is 10.1. The van der Waals surface area contributed by atoms with E-state index in [4.69, 9.17) is 17.0 Å². The summed E-state index contributed by atoms with van der Waals surface area (Å²) in [5.41, 5.74) is 2.69. The summed E-state index contributed by atoms with van der Waals surface area (Å²) in [7, 11) is 1.42. The lowest BCUT2D eigenvalue weighted by molar-refractivity contribution is 0.0601. The molecule has 24 heavy (non-hydrogen) atoms. The molecule has 3 rings (SSSR count). The van der Waals surface area contributed by atoms with E-state index in [-0.39, 0.29) is 5.97 Å². The molecule has 1 aliphatic rings. The van der Waals surface area contributed by atoms with Crippen molar-refractivity contribution >= 4 is 45.3 Å². The molecule has 0 fully saturated rings. The van der Waals surface area contributed by atoms with Gasteiger partial charge in [-0.2, -0.15) is 0 Å². The first-order valence-electron chi connectivity index (χ1n) is 8.05. The Hall–Kier alpha value is -1.92. The highest BCUT2D eigenvalue weighted by Crippen LogP contribution is 2.38. The Kier molecular flexibility index (Phi) is 5.48. The van der Waals surface area contributed by atoms with E-state index in [9.17, 15) is 4.79 Å². The molecule has 0 bridgehead atoms. The van der Waals surface area contributed by atoms with E-state index in [2.05, 4.69) is 10.6 Å². The zero-order valence-electron chi connectivity index (χ0n) is 13.6. The third-order valence-electron chi connectivity index (χ3n) is 4.07. The molecule has 0 saturated carbocycles. The highest BCUT2D eigenvalue weighted by atomic mass is 32.1. The van der Waals surface area contributed by atoms with Gasteiger partial charge in [0, 0.05) is 10.6 Å². The molecule has 0 amide bonds. The fourth-order valence-corrected chi connectivity index (χ4v) is 4.50. The molecule has 0 saturated heterocycles. The molecule has 6 heteroatoms. The lowest BCUT2D eigenvalue weighted by Gasteiger charge is -2.11. The van der Waals surface area contributed by atoms with E-state index in [1.54, 1.807) is 11.3 Å². The molecule has 0 unspecified atom stereocenters. The van der Waals surface area contributed by atoms with Crippen LogP contribution in [0.25, 0.3) is 0 Å². The average Bonchev–Trinajstić information content (AvgIpc) is 2.76. The minimum atomic E-state index is -0.292. The van der Waals surface area contributed by atoms with Crippen molar-refractivity contribution in [2.75, 3.05) is 17.7 Å². The molecule has 1 aliphatic carbocycles. The Labute approximate surface area is 151 Å². The van der Waals surface area contributed by atoms with Crippen molar-refractivity contribution in [3.8, 4) is 0 Å². The van der Waals surface area contributed by atoms with E-state index in [0.717, 1.165) is 35.5 Å². The van der Waals surface area contributed by atoms with Crippen LogP contribution in [-0.2, 0) is 17.6 Å². The third-order valence-corrected chi connectivity index (χ3v) is 5.48. The van der Waals surface area contributed by atoms with E-state index < -0.39 is 0 Å². The van der Waals surface area contributed by atoms with Gasteiger partial charge >= 0.3 is 5.97 Å². The molecule has 2 N–H and O–H groups in total. The standard InChI is InChI=1S/C18H20N2O2S2/c1-22-17(21)15-13-10-6-3-7-11-14(13)24-16(15)20-18(23)19-12-8-4-2-5-9-12/h2,4-5,8-9H,3,6-7,10-11H2,1H3,(H2,19,20,23). The second-order valence-electron chi connectivity index (χ2n) is 5.71. The third kappa shape index (κ3) is 3.76. The summed E-state index contributed by atoms with van der Waals surface area (Å²) in [5, 5.41) is 7.59. The van der Waals surface area contributed by atoms with Gasteiger partial charge < -0.3 is 15.4 Å². The van der Waals surface area contributed by atoms with Gasteiger partial charge in [0.15, 0.2) is 5.11 Å². The van der Waals surface area contributed by atoms with E-state index >= 15 is 0 Å². The molecule has 126 valence electrons. The number of thiophene rings is 1. The number of hydrogen-bond acceptors (Lipinski definition) is 4. The number of hydrogen-bond donors (Lipinski definition) is 2. The quantitative estimate of drug-likeness (QED) is 0.475. The number of anilines is 2. The fraction of sp³-hybridized carbons (Fsp3) is 0.333. The first kappa shape index (κ1) is 16.9. The first-order chi connectivity index (χ1) is 11.7. The summed E-state index contributed by atoms with van der Waals surface area (Å²) in [6.07, 6.45) is 5.43. The van der Waals surface area contributed by atoms with E-state index in [0.29, 0.717) is 10.7 Å². The monoisotopic (exact) mass is 360 g/mol. The van der Waals surface area contributed by atoms with Gasteiger partial charge in [-0.1, -0.05) is 24.6 Å². The number of benzene rings is 1. The molecule has 0 spiro atoms. The number of thiocarbonyl (C=S) groups is 1. The average molecular weight is 361 g/mol. The Morgan fingerprint density at radius 2 is 1.88 bits per heavy atom. The van der Waals surface area contributed by atoms with Gasteiger partial charge in [0.05, 0.1) is 12.7 Å². The lowest BCUT2D eigenvalue weighted by Crippen LogP contribution is -2.20. The maximum absolute atomic E-state index is 12.3. The molecule has 0 atom stereocenters. The molecule has 1 aromatic carbocycles. The van der Waals surface area contributed by atoms with Gasteiger partial charge in [-0.15, -0.1) is 11.3 Å². The van der Waals surface area contributed by atoms with Gasteiger partial charge in [-0.05, 0) is 55.6 Å². The van der Waals surface area contributed by atoms with E-state index in [1.165, 1.54) is 24.8 Å². The number of para-hydroxylation sites is 1. The number of ether oxygens (including phenoxy) is 1. The molecule has 0 radical (unpaired) electrons. The maximum atomic E-state index is 12.3. The number of methoxy groups -OCH3 is 1. The summed E-state index contributed by atoms with van der Waals surface area (Å²) < 4.78 is 5.01. The molecule has 1 aromatic heterocycles. The Bertz CT molecular complexity index is 741. The number of nitrogens with one attached hydrogen (secondary N) is 2.